The third kappa shape index (κ3) is 13.0. The molecule has 1 unspecified atom stereocenters. The van der Waals surface area contributed by atoms with Gasteiger partial charge in [-0.15, -0.1) is 0 Å². The van der Waals surface area contributed by atoms with Crippen LogP contribution in [0, 0.1) is 0 Å². The minimum Gasteiger partial charge on any atom is -0.0895 e. The molecule has 0 fully saturated rings. The Morgan fingerprint density at radius 2 is 2.00 bits per heavy atom. The van der Waals surface area contributed by atoms with Crippen LogP contribution in [0.25, 0.3) is 0 Å². The van der Waals surface area contributed by atoms with Gasteiger partial charge in [-0.1, -0.05) is 4.57 Å². The normalized spacial score (nSPS) is 10.8. The summed E-state index contributed by atoms with van der Waals surface area (Å²) in [5.74, 6) is 0. The third-order valence-corrected chi connectivity index (χ3v) is 0. The molecule has 0 aromatic rings. The van der Waals surface area contributed by atoms with Crippen LogP contribution in [0.1, 0.15) is 0 Å². The van der Waals surface area contributed by atoms with Crippen LogP contribution in [0.5, 0.6) is 0 Å². The van der Waals surface area contributed by atoms with Crippen LogP contribution in [0.15, 0.2) is 0 Å². The lowest BCUT2D eigenvalue weighted by Gasteiger charge is -1.29. The molecule has 0 saturated carbocycles. The summed E-state index contributed by atoms with van der Waals surface area (Å²) in [6.07, 6.45) is 0. The first-order valence-electron chi connectivity index (χ1n) is 0.610. The molecule has 0 rings (SSSR count). The molecule has 0 aliphatic rings. The van der Waals surface area contributed by atoms with Crippen molar-refractivity contribution in [3.63, 3.8) is 0 Å². The molecule has 1 atom stereocenters. The average molecular weight is 185 g/mol. The van der Waals surface area contributed by atoms with Gasteiger partial charge in [-0.3, -0.25) is 0 Å². The fourth-order valence-corrected chi connectivity index (χ4v) is 0. The number of hydrogen-bond donors (Lipinski definition) is 0. The SMILES string of the molecule is [B][P+](=O)I. The summed E-state index contributed by atoms with van der Waals surface area (Å²) in [5.41, 5.74) is 0. The van der Waals surface area contributed by atoms with Crippen LogP contribution < -0.4 is 0 Å². The standard InChI is InChI=1S/BIOP/c1-4(2)3/q+1. The summed E-state index contributed by atoms with van der Waals surface area (Å²) in [7, 11) is 4.61. The molecule has 0 saturated heterocycles. The summed E-state index contributed by atoms with van der Waals surface area (Å²) >= 11 is 1.63. The van der Waals surface area contributed by atoms with Crippen molar-refractivity contribution in [1.29, 1.82) is 0 Å². The molecule has 0 spiro atoms. The average Bonchev–Trinajstić information content (AvgIpc) is 0.811. The highest BCUT2D eigenvalue weighted by Gasteiger charge is 1.90. The number of rotatable bonds is 0. The van der Waals surface area contributed by atoms with Gasteiger partial charge in [0.25, 0.3) is 22.0 Å². The molecular formula is BIOP+. The zero-order valence-corrected chi connectivity index (χ0v) is 4.86. The molecule has 1 nitrogen and oxygen atoms in total. The monoisotopic (exact) mass is 185 g/mol. The van der Waals surface area contributed by atoms with E-state index in [9.17, 15) is 4.57 Å². The predicted octanol–water partition coefficient (Wildman–Crippen LogP) is 1.25. The van der Waals surface area contributed by atoms with E-state index < -0.39 is 5.32 Å². The molecule has 4 heteroatoms. The van der Waals surface area contributed by atoms with Gasteiger partial charge in [0.05, 0.1) is 0 Å². The smallest absolute Gasteiger partial charge is 0.0895 e. The van der Waals surface area contributed by atoms with Crippen LogP contribution in [-0.4, -0.2) is 7.57 Å². The van der Waals surface area contributed by atoms with Crippen LogP contribution in [0.2, 0.25) is 0 Å². The highest BCUT2D eigenvalue weighted by Crippen LogP contribution is 2.21. The van der Waals surface area contributed by atoms with Gasteiger partial charge in [0, 0.05) is 0 Å². The molecule has 0 aliphatic heterocycles. The van der Waals surface area contributed by atoms with Crippen molar-refractivity contribution in [2.24, 2.45) is 0 Å². The second-order valence-electron chi connectivity index (χ2n) is 0.272. The van der Waals surface area contributed by atoms with Crippen LogP contribution >= 0.6 is 27.4 Å². The molecule has 2 radical (unpaired) electrons. The topological polar surface area (TPSA) is 17.1 Å². The Hall–Kier alpha value is 0.895. The van der Waals surface area contributed by atoms with Crippen molar-refractivity contribution in [3.8, 4) is 0 Å². The summed E-state index contributed by atoms with van der Waals surface area (Å²) < 4.78 is 9.36. The van der Waals surface area contributed by atoms with E-state index in [1.807, 2.05) is 0 Å². The third-order valence-electron chi connectivity index (χ3n) is 0. The first kappa shape index (κ1) is 4.89. The second kappa shape index (κ2) is 2.15. The van der Waals surface area contributed by atoms with Crippen molar-refractivity contribution < 1.29 is 4.57 Å². The molecule has 0 heterocycles. The Morgan fingerprint density at radius 1 is 2.00 bits per heavy atom. The van der Waals surface area contributed by atoms with Crippen molar-refractivity contribution in [1.82, 2.24) is 0 Å². The van der Waals surface area contributed by atoms with Crippen LogP contribution in [0.3, 0.4) is 0 Å². The molecule has 4 heavy (non-hydrogen) atoms. The zero-order chi connectivity index (χ0) is 3.58. The molecular weight excluding hydrogens is 185 g/mol. The number of halogens is 1. The first-order valence-corrected chi connectivity index (χ1v) is 4.72. The van der Waals surface area contributed by atoms with E-state index in [0.29, 0.717) is 0 Å². The molecule has 0 bridgehead atoms. The Morgan fingerprint density at radius 3 is 2.00 bits per heavy atom. The Labute approximate surface area is 39.8 Å². The maximum absolute atomic E-state index is 9.36. The van der Waals surface area contributed by atoms with Gasteiger partial charge < -0.3 is 0 Å². The van der Waals surface area contributed by atoms with E-state index >= 15 is 0 Å². The lowest BCUT2D eigenvalue weighted by Crippen LogP contribution is -1.23. The molecule has 0 aromatic carbocycles. The van der Waals surface area contributed by atoms with E-state index in [0.717, 1.165) is 0 Å². The molecule has 0 aromatic heterocycles. The zero-order valence-electron chi connectivity index (χ0n) is 1.81. The van der Waals surface area contributed by atoms with E-state index in [4.69, 9.17) is 0 Å². The highest BCUT2D eigenvalue weighted by molar-refractivity contribution is 14.2. The van der Waals surface area contributed by atoms with E-state index in [1.54, 1.807) is 22.0 Å². The van der Waals surface area contributed by atoms with Crippen molar-refractivity contribution in [2.75, 3.05) is 0 Å². The van der Waals surface area contributed by atoms with Crippen molar-refractivity contribution in [2.45, 2.75) is 0 Å². The maximum atomic E-state index is 9.36. The number of hydrogen-bond acceptors (Lipinski definition) is 1. The van der Waals surface area contributed by atoms with Crippen LogP contribution in [0.4, 0.5) is 0 Å². The second-order valence-corrected chi connectivity index (χ2v) is 3.67. The van der Waals surface area contributed by atoms with Crippen LogP contribution in [-0.2, 0) is 4.57 Å². The van der Waals surface area contributed by atoms with Gasteiger partial charge in [-0.2, -0.15) is 0 Å². The molecule has 0 N–H and O–H groups in total. The van der Waals surface area contributed by atoms with Gasteiger partial charge in [-0.25, -0.2) is 0 Å². The highest BCUT2D eigenvalue weighted by atomic mass is 127. The summed E-state index contributed by atoms with van der Waals surface area (Å²) in [6.45, 7) is 0. The first-order chi connectivity index (χ1) is 1.73. The van der Waals surface area contributed by atoms with Gasteiger partial charge in [0.15, 0.2) is 0 Å². The summed E-state index contributed by atoms with van der Waals surface area (Å²) in [6, 6.07) is 0. The fourth-order valence-electron chi connectivity index (χ4n) is 0. The maximum Gasteiger partial charge on any atom is 0.517 e. The van der Waals surface area contributed by atoms with Crippen molar-refractivity contribution >= 4 is 34.9 Å². The van der Waals surface area contributed by atoms with Gasteiger partial charge in [-0.05, 0) is 0 Å². The van der Waals surface area contributed by atoms with E-state index in [1.165, 1.54) is 0 Å². The van der Waals surface area contributed by atoms with E-state index in [2.05, 4.69) is 7.57 Å². The largest absolute Gasteiger partial charge is 0.517 e. The minimum absolute atomic E-state index is 1.40. The molecule has 0 aliphatic carbocycles. The van der Waals surface area contributed by atoms with Gasteiger partial charge >= 0.3 is 12.9 Å². The van der Waals surface area contributed by atoms with Crippen molar-refractivity contribution in [3.05, 3.63) is 0 Å². The lowest BCUT2D eigenvalue weighted by atomic mass is 10.8. The van der Waals surface area contributed by atoms with Gasteiger partial charge in [0.1, 0.15) is 0 Å². The van der Waals surface area contributed by atoms with E-state index in [-0.39, 0.29) is 0 Å². The Kier molecular flexibility index (Phi) is 2.63. The summed E-state index contributed by atoms with van der Waals surface area (Å²) in [4.78, 5) is 0. The minimum atomic E-state index is -1.40. The summed E-state index contributed by atoms with van der Waals surface area (Å²) in [5, 5.41) is -1.40. The van der Waals surface area contributed by atoms with Gasteiger partial charge in [0.2, 0.25) is 0 Å². The molecule has 0 amide bonds. The predicted molar refractivity (Wildman–Crippen MR) is 27.4 cm³/mol. The molecule has 20 valence electrons. The lowest BCUT2D eigenvalue weighted by molar-refractivity contribution is 0.604. The fraction of sp³-hybridized carbons (Fsp3) is 0. The Balaban J connectivity index is 2.80. The quantitative estimate of drug-likeness (QED) is 0.315. The Bertz CT molecular complexity index is 31.0.